The van der Waals surface area contributed by atoms with Crippen molar-refractivity contribution in [3.8, 4) is 0 Å². The van der Waals surface area contributed by atoms with Gasteiger partial charge in [-0.2, -0.15) is 0 Å². The van der Waals surface area contributed by atoms with Crippen molar-refractivity contribution < 1.29 is 17.9 Å². The third-order valence-electron chi connectivity index (χ3n) is 3.80. The first-order valence-electron chi connectivity index (χ1n) is 5.85. The zero-order valence-corrected chi connectivity index (χ0v) is 12.1. The Labute approximate surface area is 108 Å². The maximum atomic E-state index is 12.3. The minimum absolute atomic E-state index is 0.0770. The van der Waals surface area contributed by atoms with Gasteiger partial charge in [0.05, 0.1) is 0 Å². The van der Waals surface area contributed by atoms with Crippen LogP contribution in [-0.4, -0.2) is 45.2 Å². The molecule has 1 heterocycles. The highest BCUT2D eigenvalue weighted by atomic mass is 32.2. The molecule has 1 unspecified atom stereocenters. The number of amides is 1. The second-order valence-electron chi connectivity index (χ2n) is 5.87. The molecular formula is C11H22N2O4S. The fourth-order valence-electron chi connectivity index (χ4n) is 2.71. The minimum Gasteiger partial charge on any atom is -0.448 e. The molecular weight excluding hydrogens is 256 g/mol. The van der Waals surface area contributed by atoms with E-state index in [0.717, 1.165) is 0 Å². The van der Waals surface area contributed by atoms with E-state index in [-0.39, 0.29) is 12.5 Å². The van der Waals surface area contributed by atoms with Gasteiger partial charge < -0.3 is 15.8 Å². The van der Waals surface area contributed by atoms with Crippen molar-refractivity contribution in [2.75, 3.05) is 26.0 Å². The number of carbonyl (C=O) groups is 1. The average Bonchev–Trinajstić information content (AvgIpc) is 2.03. The van der Waals surface area contributed by atoms with E-state index in [9.17, 15) is 13.2 Å². The van der Waals surface area contributed by atoms with Crippen molar-refractivity contribution in [1.29, 1.82) is 0 Å². The van der Waals surface area contributed by atoms with Crippen molar-refractivity contribution in [2.24, 2.45) is 17.1 Å². The Bertz CT molecular complexity index is 423. The van der Waals surface area contributed by atoms with Crippen LogP contribution >= 0.6 is 0 Å². The number of ether oxygens (including phenoxy) is 1. The number of nitrogens with two attached hydrogens (primary N) is 1. The number of rotatable bonds is 4. The van der Waals surface area contributed by atoms with Gasteiger partial charge in [-0.05, 0) is 5.41 Å². The molecule has 6 nitrogen and oxygen atoms in total. The molecule has 1 aliphatic heterocycles. The van der Waals surface area contributed by atoms with Crippen LogP contribution in [-0.2, 0) is 14.6 Å². The normalized spacial score (nSPS) is 20.9. The van der Waals surface area contributed by atoms with Crippen LogP contribution in [0.5, 0.6) is 0 Å². The zero-order chi connectivity index (χ0) is 14.2. The number of sulfone groups is 1. The van der Waals surface area contributed by atoms with Gasteiger partial charge in [0, 0.05) is 25.3 Å². The molecule has 1 amide bonds. The topological polar surface area (TPSA) is 98.5 Å². The number of primary amides is 1. The van der Waals surface area contributed by atoms with E-state index >= 15 is 0 Å². The minimum atomic E-state index is -3.41. The molecule has 18 heavy (non-hydrogen) atoms. The van der Waals surface area contributed by atoms with E-state index in [1.165, 1.54) is 6.26 Å². The monoisotopic (exact) mass is 278 g/mol. The lowest BCUT2D eigenvalue weighted by atomic mass is 9.70. The van der Waals surface area contributed by atoms with Crippen molar-refractivity contribution >= 4 is 15.9 Å². The molecule has 1 fully saturated rings. The highest BCUT2D eigenvalue weighted by molar-refractivity contribution is 7.92. The molecule has 0 aromatic rings. The van der Waals surface area contributed by atoms with Gasteiger partial charge in [0.1, 0.15) is 11.4 Å². The Kier molecular flexibility index (Phi) is 3.97. The first-order valence-corrected chi connectivity index (χ1v) is 7.74. The molecule has 0 aromatic carbocycles. The summed E-state index contributed by atoms with van der Waals surface area (Å²) in [5.74, 6) is -0.0770. The first kappa shape index (κ1) is 15.2. The molecule has 1 atom stereocenters. The Hall–Kier alpha value is -0.820. The summed E-state index contributed by atoms with van der Waals surface area (Å²) >= 11 is 0. The van der Waals surface area contributed by atoms with E-state index in [1.54, 1.807) is 0 Å². The molecule has 1 rings (SSSR count). The lowest BCUT2D eigenvalue weighted by Gasteiger charge is -2.51. The number of carbonyl (C=O) groups excluding carboxylic acids is 1. The lowest BCUT2D eigenvalue weighted by Crippen LogP contribution is -2.67. The van der Waals surface area contributed by atoms with Crippen molar-refractivity contribution in [3.05, 3.63) is 0 Å². The maximum absolute atomic E-state index is 12.3. The lowest BCUT2D eigenvalue weighted by molar-refractivity contribution is 0.0613. The van der Waals surface area contributed by atoms with Crippen LogP contribution in [0.15, 0.2) is 0 Å². The van der Waals surface area contributed by atoms with Crippen LogP contribution in [0.3, 0.4) is 0 Å². The summed E-state index contributed by atoms with van der Waals surface area (Å²) in [7, 11) is -3.41. The van der Waals surface area contributed by atoms with Crippen molar-refractivity contribution in [1.82, 2.24) is 5.32 Å². The predicted octanol–water partition coefficient (Wildman–Crippen LogP) is 0.131. The van der Waals surface area contributed by atoms with Crippen LogP contribution in [0.2, 0.25) is 0 Å². The molecule has 7 heteroatoms. The summed E-state index contributed by atoms with van der Waals surface area (Å²) in [6.07, 6.45) is 0.251. The average molecular weight is 278 g/mol. The van der Waals surface area contributed by atoms with Crippen LogP contribution < -0.4 is 11.1 Å². The van der Waals surface area contributed by atoms with Gasteiger partial charge in [0.2, 0.25) is 0 Å². The Morgan fingerprint density at radius 3 is 2.11 bits per heavy atom. The van der Waals surface area contributed by atoms with Crippen LogP contribution in [0.1, 0.15) is 20.8 Å². The van der Waals surface area contributed by atoms with Crippen LogP contribution in [0, 0.1) is 11.3 Å². The van der Waals surface area contributed by atoms with Gasteiger partial charge in [-0.25, -0.2) is 13.2 Å². The van der Waals surface area contributed by atoms with Crippen molar-refractivity contribution in [2.45, 2.75) is 25.5 Å². The molecule has 106 valence electrons. The molecule has 0 spiro atoms. The molecule has 1 aliphatic rings. The molecule has 0 saturated carbocycles. The second kappa shape index (κ2) is 4.70. The fourth-order valence-corrected chi connectivity index (χ4v) is 4.87. The van der Waals surface area contributed by atoms with Gasteiger partial charge >= 0.3 is 6.09 Å². The van der Waals surface area contributed by atoms with Crippen LogP contribution in [0.25, 0.3) is 0 Å². The predicted molar refractivity (Wildman–Crippen MR) is 68.9 cm³/mol. The van der Waals surface area contributed by atoms with E-state index in [1.807, 2.05) is 20.8 Å². The summed E-state index contributed by atoms with van der Waals surface area (Å²) < 4.78 is 28.3. The smallest absolute Gasteiger partial charge is 0.404 e. The van der Waals surface area contributed by atoms with E-state index < -0.39 is 26.1 Å². The zero-order valence-electron chi connectivity index (χ0n) is 11.3. The molecule has 0 radical (unpaired) electrons. The van der Waals surface area contributed by atoms with Gasteiger partial charge in [-0.1, -0.05) is 20.8 Å². The van der Waals surface area contributed by atoms with Gasteiger partial charge in [-0.3, -0.25) is 0 Å². The van der Waals surface area contributed by atoms with E-state index in [0.29, 0.717) is 13.1 Å². The Morgan fingerprint density at radius 1 is 1.39 bits per heavy atom. The number of nitrogens with one attached hydrogen (secondary N) is 1. The molecule has 0 bridgehead atoms. The number of hydrogen-bond acceptors (Lipinski definition) is 5. The van der Waals surface area contributed by atoms with Gasteiger partial charge in [0.15, 0.2) is 9.84 Å². The third-order valence-corrected chi connectivity index (χ3v) is 6.19. The second-order valence-corrected chi connectivity index (χ2v) is 8.15. The quantitative estimate of drug-likeness (QED) is 0.761. The maximum Gasteiger partial charge on any atom is 0.404 e. The largest absolute Gasteiger partial charge is 0.448 e. The van der Waals surface area contributed by atoms with E-state index in [2.05, 4.69) is 5.32 Å². The summed E-state index contributed by atoms with van der Waals surface area (Å²) in [5, 5.41) is 3.06. The summed E-state index contributed by atoms with van der Waals surface area (Å²) in [4.78, 5) is 10.8. The SMILES string of the molecule is CC(C)(C)C(COC(N)=O)(C1CNC1)S(C)(=O)=O. The van der Waals surface area contributed by atoms with Crippen LogP contribution in [0.4, 0.5) is 4.79 Å². The Balaban J connectivity index is 3.22. The first-order chi connectivity index (χ1) is 8.02. The third kappa shape index (κ3) is 2.47. The summed E-state index contributed by atoms with van der Waals surface area (Å²) in [5.41, 5.74) is 4.42. The number of hydrogen-bond donors (Lipinski definition) is 2. The van der Waals surface area contributed by atoms with E-state index in [4.69, 9.17) is 10.5 Å². The van der Waals surface area contributed by atoms with Gasteiger partial charge in [-0.15, -0.1) is 0 Å². The summed E-state index contributed by atoms with van der Waals surface area (Å²) in [6.45, 7) is 6.54. The Morgan fingerprint density at radius 2 is 1.89 bits per heavy atom. The molecule has 1 saturated heterocycles. The van der Waals surface area contributed by atoms with Gasteiger partial charge in [0.25, 0.3) is 0 Å². The standard InChI is InChI=1S/C11H22N2O4S/c1-10(2,3)11(18(4,15)16,7-17-9(12)14)8-5-13-6-8/h8,13H,5-7H2,1-4H3,(H2,12,14). The molecule has 0 aromatic heterocycles. The van der Waals surface area contributed by atoms with Crippen molar-refractivity contribution in [3.63, 3.8) is 0 Å². The highest BCUT2D eigenvalue weighted by Crippen LogP contribution is 2.44. The highest BCUT2D eigenvalue weighted by Gasteiger charge is 2.58. The molecule has 3 N–H and O–H groups in total. The molecule has 0 aliphatic carbocycles. The summed E-state index contributed by atoms with van der Waals surface area (Å²) in [6, 6.07) is 0. The fraction of sp³-hybridized carbons (Fsp3) is 0.909.